The minimum atomic E-state index is -1.32. The van der Waals surface area contributed by atoms with Gasteiger partial charge in [-0.1, -0.05) is 12.1 Å². The van der Waals surface area contributed by atoms with Crippen molar-refractivity contribution in [3.63, 3.8) is 0 Å². The topological polar surface area (TPSA) is 170 Å². The van der Waals surface area contributed by atoms with Gasteiger partial charge in [0.25, 0.3) is 23.6 Å². The van der Waals surface area contributed by atoms with Crippen molar-refractivity contribution in [3.05, 3.63) is 129 Å². The van der Waals surface area contributed by atoms with E-state index < -0.39 is 41.7 Å². The number of carbonyl (C=O) groups excluding carboxylic acids is 4. The number of benzene rings is 4. The van der Waals surface area contributed by atoms with Crippen LogP contribution in [0.2, 0.25) is 0 Å². The number of amides is 4. The Balaban J connectivity index is 1.27. The Labute approximate surface area is 236 Å². The molecule has 2 aliphatic heterocycles. The normalized spacial score (nSPS) is 14.0. The van der Waals surface area contributed by atoms with Crippen LogP contribution in [0.4, 0.5) is 11.4 Å². The van der Waals surface area contributed by atoms with E-state index in [0.717, 1.165) is 9.80 Å². The van der Waals surface area contributed by atoms with Gasteiger partial charge in [-0.2, -0.15) is 0 Å². The molecule has 11 heteroatoms. The molecule has 0 saturated heterocycles. The Morgan fingerprint density at radius 3 is 1.17 bits per heavy atom. The molecule has 42 heavy (non-hydrogen) atoms. The molecule has 0 aliphatic carbocycles. The van der Waals surface area contributed by atoms with Gasteiger partial charge in [0.15, 0.2) is 0 Å². The maximum absolute atomic E-state index is 13.2. The summed E-state index contributed by atoms with van der Waals surface area (Å²) in [5.41, 5.74) is 1.20. The molecule has 0 aromatic heterocycles. The number of carboxylic acids is 2. The molecular weight excluding hydrogens is 544 g/mol. The van der Waals surface area contributed by atoms with Gasteiger partial charge in [-0.3, -0.25) is 19.2 Å². The molecule has 11 nitrogen and oxygen atoms in total. The molecular formula is C31H18N2O9. The van der Waals surface area contributed by atoms with E-state index in [1.54, 1.807) is 0 Å². The molecule has 0 fully saturated rings. The van der Waals surface area contributed by atoms with Crippen molar-refractivity contribution in [2.45, 2.75) is 6.10 Å². The fraction of sp³-hybridized carbons (Fsp3) is 0.0323. The van der Waals surface area contributed by atoms with E-state index in [-0.39, 0.29) is 55.9 Å². The van der Waals surface area contributed by atoms with E-state index in [9.17, 15) is 33.9 Å². The van der Waals surface area contributed by atoms with E-state index in [1.165, 1.54) is 84.9 Å². The Hall–Kier alpha value is -5.94. The molecule has 0 atom stereocenters. The molecule has 3 N–H and O–H groups in total. The van der Waals surface area contributed by atoms with Crippen molar-refractivity contribution >= 4 is 46.9 Å². The van der Waals surface area contributed by atoms with Crippen LogP contribution >= 0.6 is 0 Å². The molecule has 0 spiro atoms. The van der Waals surface area contributed by atoms with Crippen LogP contribution in [0, 0.1) is 0 Å². The van der Waals surface area contributed by atoms with Crippen LogP contribution in [0.1, 0.15) is 79.4 Å². The fourth-order valence-corrected chi connectivity index (χ4v) is 5.02. The van der Waals surface area contributed by atoms with E-state index >= 15 is 0 Å². The molecule has 0 bridgehead atoms. The average Bonchev–Trinajstić information content (AvgIpc) is 3.40. The number of hydrogen-bond donors (Lipinski definition) is 3. The number of aliphatic hydroxyl groups excluding tert-OH is 1. The van der Waals surface area contributed by atoms with E-state index in [4.69, 9.17) is 10.2 Å². The lowest BCUT2D eigenvalue weighted by Gasteiger charge is -2.14. The lowest BCUT2D eigenvalue weighted by Crippen LogP contribution is -2.29. The maximum atomic E-state index is 13.2. The third-order valence-electron chi connectivity index (χ3n) is 7.20. The number of carboxylic acid groups (broad SMARTS) is 2. The highest BCUT2D eigenvalue weighted by molar-refractivity contribution is 6.35. The van der Waals surface area contributed by atoms with Crippen LogP contribution in [0.25, 0.3) is 0 Å². The minimum absolute atomic E-state index is 0.00508. The minimum Gasteiger partial charge on any atom is -0.478 e. The van der Waals surface area contributed by atoms with Gasteiger partial charge in [-0.25, -0.2) is 19.4 Å². The zero-order valence-corrected chi connectivity index (χ0v) is 21.3. The SMILES string of the molecule is O=C(O)c1ccc(N2C(=O)c3ccc(C(O)c4ccc5c(c4)C(=O)N(c4ccc(C(=O)O)cc4)C5=O)cc3C2=O)cc1. The van der Waals surface area contributed by atoms with Gasteiger partial charge in [0, 0.05) is 0 Å². The van der Waals surface area contributed by atoms with Crippen molar-refractivity contribution in [2.24, 2.45) is 0 Å². The number of hydrogen-bond acceptors (Lipinski definition) is 7. The molecule has 4 amide bonds. The first-order valence-electron chi connectivity index (χ1n) is 12.5. The molecule has 0 unspecified atom stereocenters. The number of imide groups is 2. The van der Waals surface area contributed by atoms with Crippen LogP contribution in [0.3, 0.4) is 0 Å². The zero-order chi connectivity index (χ0) is 29.9. The molecule has 4 aromatic carbocycles. The van der Waals surface area contributed by atoms with Gasteiger partial charge < -0.3 is 15.3 Å². The highest BCUT2D eigenvalue weighted by Gasteiger charge is 2.39. The smallest absolute Gasteiger partial charge is 0.335 e. The lowest BCUT2D eigenvalue weighted by atomic mass is 9.95. The average molecular weight is 562 g/mol. The first-order chi connectivity index (χ1) is 20.1. The molecule has 2 heterocycles. The van der Waals surface area contributed by atoms with Gasteiger partial charge in [0.05, 0.1) is 44.8 Å². The quantitative estimate of drug-likeness (QED) is 0.296. The van der Waals surface area contributed by atoms with Gasteiger partial charge in [-0.05, 0) is 83.9 Å². The molecule has 4 aromatic rings. The van der Waals surface area contributed by atoms with Crippen LogP contribution in [-0.4, -0.2) is 50.9 Å². The second-order valence-corrected chi connectivity index (χ2v) is 9.61. The summed E-state index contributed by atoms with van der Waals surface area (Å²) < 4.78 is 0. The number of aliphatic hydroxyl groups is 1. The van der Waals surface area contributed by atoms with Gasteiger partial charge in [0.2, 0.25) is 0 Å². The van der Waals surface area contributed by atoms with Gasteiger partial charge >= 0.3 is 11.9 Å². The third-order valence-corrected chi connectivity index (χ3v) is 7.20. The summed E-state index contributed by atoms with van der Waals surface area (Å²) in [5, 5.41) is 29.4. The number of carbonyl (C=O) groups is 6. The molecule has 0 saturated carbocycles. The predicted molar refractivity (Wildman–Crippen MR) is 146 cm³/mol. The Bertz CT molecular complexity index is 1740. The van der Waals surface area contributed by atoms with Crippen molar-refractivity contribution in [1.29, 1.82) is 0 Å². The maximum Gasteiger partial charge on any atom is 0.335 e. The first kappa shape index (κ1) is 26.3. The van der Waals surface area contributed by atoms with Crippen LogP contribution in [0.15, 0.2) is 84.9 Å². The summed E-state index contributed by atoms with van der Waals surface area (Å²) in [6.07, 6.45) is -1.32. The Morgan fingerprint density at radius 1 is 0.500 bits per heavy atom. The second-order valence-electron chi connectivity index (χ2n) is 9.61. The summed E-state index contributed by atoms with van der Waals surface area (Å²) in [7, 11) is 0. The number of rotatable bonds is 6. The highest BCUT2D eigenvalue weighted by Crippen LogP contribution is 2.34. The summed E-state index contributed by atoms with van der Waals surface area (Å²) in [6.45, 7) is 0. The predicted octanol–water partition coefficient (Wildman–Crippen LogP) is 3.77. The second kappa shape index (κ2) is 9.61. The third kappa shape index (κ3) is 4.03. The summed E-state index contributed by atoms with van der Waals surface area (Å²) in [4.78, 5) is 76.5. The lowest BCUT2D eigenvalue weighted by molar-refractivity contribution is 0.0686. The number of fused-ring (bicyclic) bond motifs is 2. The Morgan fingerprint density at radius 2 is 0.833 bits per heavy atom. The molecule has 2 aliphatic rings. The molecule has 6 rings (SSSR count). The van der Waals surface area contributed by atoms with Gasteiger partial charge in [-0.15, -0.1) is 0 Å². The van der Waals surface area contributed by atoms with Crippen molar-refractivity contribution in [3.8, 4) is 0 Å². The monoisotopic (exact) mass is 562 g/mol. The standard InChI is InChI=1S/C31H18N2O9/c34-25(17-5-11-21-23(13-17)28(37)32(26(21)35)19-7-1-15(2-8-19)30(39)40)18-6-12-22-24(14-18)29(38)33(27(22)36)20-9-3-16(4-10-20)31(41)42/h1-14,25,34H,(H,39,40)(H,41,42). The number of nitrogens with zero attached hydrogens (tertiary/aromatic N) is 2. The van der Waals surface area contributed by atoms with E-state index in [0.29, 0.717) is 0 Å². The van der Waals surface area contributed by atoms with Crippen molar-refractivity contribution in [2.75, 3.05) is 9.80 Å². The zero-order valence-electron chi connectivity index (χ0n) is 21.3. The first-order valence-corrected chi connectivity index (χ1v) is 12.5. The number of aromatic carboxylic acids is 2. The van der Waals surface area contributed by atoms with Crippen molar-refractivity contribution in [1.82, 2.24) is 0 Å². The van der Waals surface area contributed by atoms with Crippen LogP contribution in [0.5, 0.6) is 0 Å². The van der Waals surface area contributed by atoms with Crippen LogP contribution < -0.4 is 9.80 Å². The molecule has 0 radical (unpaired) electrons. The van der Waals surface area contributed by atoms with Crippen LogP contribution in [-0.2, 0) is 0 Å². The number of anilines is 2. The summed E-state index contributed by atoms with van der Waals surface area (Å²) in [6, 6.07) is 19.1. The van der Waals surface area contributed by atoms with E-state index in [2.05, 4.69) is 0 Å². The Kier molecular flexibility index (Phi) is 6.01. The summed E-state index contributed by atoms with van der Waals surface area (Å²) >= 11 is 0. The van der Waals surface area contributed by atoms with Gasteiger partial charge in [0.1, 0.15) is 6.10 Å². The summed E-state index contributed by atoms with van der Waals surface area (Å²) in [5.74, 6) is -4.79. The highest BCUT2D eigenvalue weighted by atomic mass is 16.4. The molecule has 206 valence electrons. The van der Waals surface area contributed by atoms with Crippen molar-refractivity contribution < 1.29 is 44.1 Å². The van der Waals surface area contributed by atoms with E-state index in [1.807, 2.05) is 0 Å². The largest absolute Gasteiger partial charge is 0.478 e. The fourth-order valence-electron chi connectivity index (χ4n) is 5.02.